The molecule has 0 saturated heterocycles. The molecule has 0 spiro atoms. The number of hydrogen-bond acceptors (Lipinski definition) is 3. The predicted octanol–water partition coefficient (Wildman–Crippen LogP) is 12.4. The van der Waals surface area contributed by atoms with Crippen LogP contribution >= 0.6 is 0 Å². The number of rotatable bonds is 26. The van der Waals surface area contributed by atoms with Crippen molar-refractivity contribution in [3.63, 3.8) is 0 Å². The summed E-state index contributed by atoms with van der Waals surface area (Å²) in [6.45, 7) is 9.01. The molecule has 4 heteroatoms. The first-order chi connectivity index (χ1) is 18.7. The summed E-state index contributed by atoms with van der Waals surface area (Å²) in [4.78, 5) is 0. The van der Waals surface area contributed by atoms with Gasteiger partial charge in [0.05, 0.1) is 0 Å². The third kappa shape index (κ3) is 66.3. The Morgan fingerprint density at radius 2 is 0.474 bits per heavy atom. The largest absolute Gasteiger partial charge is 0.793 e. The first kappa shape index (κ1) is 46.8. The van der Waals surface area contributed by atoms with E-state index in [1.54, 1.807) is 22.5 Å². The normalized spacial score (nSPS) is 10.1. The summed E-state index contributed by atoms with van der Waals surface area (Å²) in [6, 6.07) is 0. The Morgan fingerprint density at radius 1 is 0.289 bits per heavy atom. The molecule has 0 N–H and O–H groups in total. The second-order valence-corrected chi connectivity index (χ2v) is 13.3. The summed E-state index contributed by atoms with van der Waals surface area (Å²) >= 11 is 16.2. The zero-order valence-corrected chi connectivity index (χ0v) is 32.2. The standard InChI is InChI=1S/C10H21.3C8H18S.Sn/c1-3-5-7-9-10-8-6-4-2;3*1-2-3-4-5-6-7-8-9;/h1,3-10H2,2H3;3*9H,2-8H2,1H3;/q;;;;+3/p-3. The van der Waals surface area contributed by atoms with Gasteiger partial charge in [-0.1, -0.05) is 136 Å². The number of hydrogen-bond donors (Lipinski definition) is 0. The molecule has 0 unspecified atom stereocenters. The number of unbranched alkanes of at least 4 members (excludes halogenated alkanes) is 22. The van der Waals surface area contributed by atoms with Gasteiger partial charge in [0.1, 0.15) is 0 Å². The van der Waals surface area contributed by atoms with Crippen LogP contribution < -0.4 is 0 Å². The molecule has 0 aliphatic rings. The molecular formula is C34H72S3Sn. The fraction of sp³-hybridized carbons (Fsp3) is 1.00. The van der Waals surface area contributed by atoms with Crippen molar-refractivity contribution in [3.05, 3.63) is 0 Å². The maximum atomic E-state index is 4.83. The van der Waals surface area contributed by atoms with Crippen LogP contribution in [0, 0.1) is 0 Å². The molecule has 0 rings (SSSR count). The fourth-order valence-electron chi connectivity index (χ4n) is 3.91. The Morgan fingerprint density at radius 3 is 0.658 bits per heavy atom. The van der Waals surface area contributed by atoms with Gasteiger partial charge in [0, 0.05) is 0 Å². The van der Waals surface area contributed by atoms with Gasteiger partial charge < -0.3 is 37.9 Å². The van der Waals surface area contributed by atoms with E-state index in [0.717, 1.165) is 17.3 Å². The Hall–Kier alpha value is 1.85. The van der Waals surface area contributed by atoms with Gasteiger partial charge in [-0.05, 0) is 0 Å². The van der Waals surface area contributed by atoms with Gasteiger partial charge in [-0.25, -0.2) is 0 Å². The van der Waals surface area contributed by atoms with Gasteiger partial charge in [-0.3, -0.25) is 0 Å². The summed E-state index contributed by atoms with van der Waals surface area (Å²) < 4.78 is 1.46. The summed E-state index contributed by atoms with van der Waals surface area (Å²) in [5, 5.41) is 0. The first-order valence-electron chi connectivity index (χ1n) is 17.0. The van der Waals surface area contributed by atoms with E-state index in [4.69, 9.17) is 37.9 Å². The van der Waals surface area contributed by atoms with Crippen molar-refractivity contribution < 1.29 is 0 Å². The minimum absolute atomic E-state index is 0.951. The molecule has 0 aromatic heterocycles. The monoisotopic (exact) mass is 696 g/mol. The Bertz CT molecular complexity index is 257. The second kappa shape index (κ2) is 54.9. The van der Waals surface area contributed by atoms with Crippen molar-refractivity contribution in [1.82, 2.24) is 0 Å². The van der Waals surface area contributed by atoms with Crippen LogP contribution in [0.2, 0.25) is 4.44 Å². The van der Waals surface area contributed by atoms with Crippen molar-refractivity contribution in [2.75, 3.05) is 17.3 Å². The molecule has 0 heterocycles. The van der Waals surface area contributed by atoms with Gasteiger partial charge in [0.25, 0.3) is 0 Å². The average Bonchev–Trinajstić information content (AvgIpc) is 2.94. The smallest absolute Gasteiger partial charge is 0.0533 e. The van der Waals surface area contributed by atoms with E-state index < -0.39 is 0 Å². The molecule has 38 heavy (non-hydrogen) atoms. The van der Waals surface area contributed by atoms with E-state index in [1.165, 1.54) is 171 Å². The van der Waals surface area contributed by atoms with E-state index in [1.807, 2.05) is 0 Å². The van der Waals surface area contributed by atoms with Crippen LogP contribution in [0.15, 0.2) is 0 Å². The van der Waals surface area contributed by atoms with E-state index >= 15 is 0 Å². The minimum atomic E-state index is 0.951. The van der Waals surface area contributed by atoms with E-state index in [9.17, 15) is 0 Å². The van der Waals surface area contributed by atoms with Crippen LogP contribution in [0.5, 0.6) is 0 Å². The maximum absolute atomic E-state index is 4.83. The van der Waals surface area contributed by atoms with Crippen molar-refractivity contribution >= 4 is 60.4 Å². The molecule has 0 atom stereocenters. The second-order valence-electron chi connectivity index (χ2n) is 10.6. The van der Waals surface area contributed by atoms with Gasteiger partial charge in [-0.15, -0.1) is 0 Å². The van der Waals surface area contributed by atoms with Crippen molar-refractivity contribution in [1.29, 1.82) is 0 Å². The van der Waals surface area contributed by atoms with Crippen molar-refractivity contribution in [3.8, 4) is 0 Å². The summed E-state index contributed by atoms with van der Waals surface area (Å²) in [5.41, 5.74) is 0. The molecular weight excluding hydrogens is 623 g/mol. The van der Waals surface area contributed by atoms with Crippen LogP contribution in [0.25, 0.3) is 0 Å². The topological polar surface area (TPSA) is 0 Å². The van der Waals surface area contributed by atoms with E-state index in [0.29, 0.717) is 0 Å². The zero-order valence-electron chi connectivity index (χ0n) is 26.9. The molecule has 0 aromatic rings. The van der Waals surface area contributed by atoms with Crippen LogP contribution in [-0.4, -0.2) is 39.8 Å². The van der Waals surface area contributed by atoms with Gasteiger partial charge in [0.2, 0.25) is 0 Å². The molecule has 0 radical (unpaired) electrons. The molecule has 230 valence electrons. The van der Waals surface area contributed by atoms with Crippen LogP contribution in [-0.2, 0) is 37.9 Å². The van der Waals surface area contributed by atoms with Gasteiger partial charge in [0.15, 0.2) is 0 Å². The molecule has 0 bridgehead atoms. The SMILES string of the molecule is CCCCCCCCC[CH2][Sn+3].CCCCCCCC[S-].CCCCCCCC[S-].CCCCCCCC[S-]. The van der Waals surface area contributed by atoms with Gasteiger partial charge in [-0.2, -0.15) is 17.3 Å². The summed E-state index contributed by atoms with van der Waals surface area (Å²) in [7, 11) is 0. The summed E-state index contributed by atoms with van der Waals surface area (Å²) in [5.74, 6) is 2.85. The molecule has 0 aromatic carbocycles. The predicted molar refractivity (Wildman–Crippen MR) is 190 cm³/mol. The Balaban J connectivity index is -0.000000204. The summed E-state index contributed by atoms with van der Waals surface area (Å²) in [6.07, 6.45) is 36.1. The zero-order chi connectivity index (χ0) is 29.2. The van der Waals surface area contributed by atoms with E-state index in [2.05, 4.69) is 27.7 Å². The maximum Gasteiger partial charge on any atom is -0.0533 e. The quantitative estimate of drug-likeness (QED) is 0.0502. The molecule has 0 amide bonds. The molecule has 0 fully saturated rings. The van der Waals surface area contributed by atoms with Crippen LogP contribution in [0.1, 0.15) is 195 Å². The van der Waals surface area contributed by atoms with Gasteiger partial charge >= 0.3 is 85.3 Å². The molecule has 0 aliphatic carbocycles. The fourth-order valence-corrected chi connectivity index (χ4v) is 5.23. The third-order valence-corrected chi connectivity index (χ3v) is 8.40. The third-order valence-electron chi connectivity index (χ3n) is 6.52. The average molecular weight is 696 g/mol. The minimum Gasteiger partial charge on any atom is -0.793 e. The Kier molecular flexibility index (Phi) is 67.6. The molecule has 0 nitrogen and oxygen atoms in total. The van der Waals surface area contributed by atoms with Crippen molar-refractivity contribution in [2.45, 2.75) is 199 Å². The van der Waals surface area contributed by atoms with Crippen LogP contribution in [0.3, 0.4) is 0 Å². The van der Waals surface area contributed by atoms with E-state index in [-0.39, 0.29) is 0 Å². The molecule has 0 aliphatic heterocycles. The van der Waals surface area contributed by atoms with Crippen molar-refractivity contribution in [2.24, 2.45) is 0 Å². The Labute approximate surface area is 274 Å². The molecule has 0 saturated carbocycles. The first-order valence-corrected chi connectivity index (χ1v) is 20.8. The van der Waals surface area contributed by atoms with Crippen LogP contribution in [0.4, 0.5) is 0 Å².